The molecule has 0 aliphatic carbocycles. The van der Waals surface area contributed by atoms with Gasteiger partial charge in [-0.15, -0.1) is 0 Å². The number of aldehydes is 1. The van der Waals surface area contributed by atoms with Gasteiger partial charge >= 0.3 is 0 Å². The molecule has 1 aromatic carbocycles. The molecule has 2 rings (SSSR count). The van der Waals surface area contributed by atoms with E-state index >= 15 is 0 Å². The molecule has 0 radical (unpaired) electrons. The average Bonchev–Trinajstić information content (AvgIpc) is 2.89. The van der Waals surface area contributed by atoms with Crippen molar-refractivity contribution in [3.8, 4) is 5.75 Å². The smallest absolute Gasteiger partial charge is 0.151 e. The van der Waals surface area contributed by atoms with Crippen LogP contribution in [-0.2, 0) is 4.74 Å². The van der Waals surface area contributed by atoms with Gasteiger partial charge in [0.2, 0.25) is 0 Å². The number of benzene rings is 1. The van der Waals surface area contributed by atoms with E-state index in [1.54, 1.807) is 6.07 Å². The van der Waals surface area contributed by atoms with Crippen LogP contribution in [0.4, 0.5) is 0 Å². The maximum absolute atomic E-state index is 10.8. The Morgan fingerprint density at radius 2 is 2.39 bits per heavy atom. The van der Waals surface area contributed by atoms with Crippen LogP contribution in [0.5, 0.6) is 5.75 Å². The molecule has 1 aliphatic rings. The zero-order valence-corrected chi connectivity index (χ0v) is 11.8. The van der Waals surface area contributed by atoms with E-state index in [0.29, 0.717) is 18.3 Å². The first-order chi connectivity index (χ1) is 8.79. The van der Waals surface area contributed by atoms with Crippen LogP contribution in [0.2, 0.25) is 0 Å². The summed E-state index contributed by atoms with van der Waals surface area (Å²) in [5.41, 5.74) is 0.617. The van der Waals surface area contributed by atoms with Crippen LogP contribution in [0.15, 0.2) is 22.7 Å². The van der Waals surface area contributed by atoms with Gasteiger partial charge in [0, 0.05) is 16.6 Å². The first kappa shape index (κ1) is 13.6. The van der Waals surface area contributed by atoms with E-state index in [2.05, 4.69) is 15.9 Å². The normalized spacial score (nSPS) is 18.8. The lowest BCUT2D eigenvalue weighted by molar-refractivity contribution is 0.0981. The minimum atomic E-state index is 0.420. The molecule has 0 spiro atoms. The Bertz CT molecular complexity index is 400. The molecular formula is C14H17BrO3. The van der Waals surface area contributed by atoms with E-state index < -0.39 is 0 Å². The number of ether oxygens (including phenoxy) is 2. The van der Waals surface area contributed by atoms with Crippen LogP contribution < -0.4 is 4.74 Å². The Labute approximate surface area is 116 Å². The maximum Gasteiger partial charge on any atom is 0.151 e. The highest BCUT2D eigenvalue weighted by Gasteiger charge is 2.14. The van der Waals surface area contributed by atoms with Crippen molar-refractivity contribution in [3.63, 3.8) is 0 Å². The van der Waals surface area contributed by atoms with E-state index in [1.165, 1.54) is 12.8 Å². The lowest BCUT2D eigenvalue weighted by atomic mass is 10.1. The van der Waals surface area contributed by atoms with Gasteiger partial charge in [0.15, 0.2) is 6.29 Å². The molecule has 0 saturated carbocycles. The number of carbonyl (C=O) groups excluding carboxylic acids is 1. The Kier molecular flexibility index (Phi) is 5.20. The highest BCUT2D eigenvalue weighted by Crippen LogP contribution is 2.22. The SMILES string of the molecule is O=Cc1cc(OCCCC2CCCO2)ccc1Br. The minimum absolute atomic E-state index is 0.420. The van der Waals surface area contributed by atoms with E-state index in [1.807, 2.05) is 12.1 Å². The first-order valence-electron chi connectivity index (χ1n) is 6.29. The molecule has 1 aromatic rings. The summed E-state index contributed by atoms with van der Waals surface area (Å²) in [4.78, 5) is 10.8. The third kappa shape index (κ3) is 3.82. The third-order valence-electron chi connectivity index (χ3n) is 3.06. The van der Waals surface area contributed by atoms with Crippen molar-refractivity contribution in [3.05, 3.63) is 28.2 Å². The summed E-state index contributed by atoms with van der Waals surface area (Å²) in [5.74, 6) is 0.743. The maximum atomic E-state index is 10.8. The molecule has 0 amide bonds. The predicted molar refractivity (Wildman–Crippen MR) is 73.2 cm³/mol. The lowest BCUT2D eigenvalue weighted by Crippen LogP contribution is -2.07. The van der Waals surface area contributed by atoms with E-state index in [9.17, 15) is 4.79 Å². The highest BCUT2D eigenvalue weighted by atomic mass is 79.9. The Balaban J connectivity index is 1.74. The van der Waals surface area contributed by atoms with Gasteiger partial charge in [-0.2, -0.15) is 0 Å². The molecule has 0 bridgehead atoms. The van der Waals surface area contributed by atoms with Gasteiger partial charge in [-0.1, -0.05) is 15.9 Å². The minimum Gasteiger partial charge on any atom is -0.494 e. The molecule has 98 valence electrons. The van der Waals surface area contributed by atoms with Crippen LogP contribution in [0, 0.1) is 0 Å². The predicted octanol–water partition coefficient (Wildman–Crippen LogP) is 3.60. The molecule has 1 aliphatic heterocycles. The van der Waals surface area contributed by atoms with Gasteiger partial charge < -0.3 is 9.47 Å². The largest absolute Gasteiger partial charge is 0.494 e. The van der Waals surface area contributed by atoms with Gasteiger partial charge in [-0.3, -0.25) is 4.79 Å². The number of halogens is 1. The topological polar surface area (TPSA) is 35.5 Å². The van der Waals surface area contributed by atoms with E-state index in [4.69, 9.17) is 9.47 Å². The molecule has 1 atom stereocenters. The van der Waals surface area contributed by atoms with Gasteiger partial charge in [0.1, 0.15) is 5.75 Å². The summed E-state index contributed by atoms with van der Waals surface area (Å²) in [5, 5.41) is 0. The summed E-state index contributed by atoms with van der Waals surface area (Å²) in [6, 6.07) is 5.45. The van der Waals surface area contributed by atoms with E-state index in [0.717, 1.165) is 36.0 Å². The lowest BCUT2D eigenvalue weighted by Gasteiger charge is -2.10. The monoisotopic (exact) mass is 312 g/mol. The molecule has 1 fully saturated rings. The van der Waals surface area contributed by atoms with Crippen LogP contribution in [-0.4, -0.2) is 25.6 Å². The van der Waals surface area contributed by atoms with Crippen molar-refractivity contribution in [2.24, 2.45) is 0 Å². The molecule has 4 heteroatoms. The summed E-state index contributed by atoms with van der Waals surface area (Å²) in [6.45, 7) is 1.57. The van der Waals surface area contributed by atoms with Crippen molar-refractivity contribution in [1.82, 2.24) is 0 Å². The fourth-order valence-corrected chi connectivity index (χ4v) is 2.42. The molecule has 1 unspecified atom stereocenters. The fraction of sp³-hybridized carbons (Fsp3) is 0.500. The second-order valence-electron chi connectivity index (χ2n) is 4.43. The number of carbonyl (C=O) groups is 1. The second kappa shape index (κ2) is 6.90. The van der Waals surface area contributed by atoms with Crippen LogP contribution >= 0.6 is 15.9 Å². The molecule has 3 nitrogen and oxygen atoms in total. The van der Waals surface area contributed by atoms with Gasteiger partial charge in [-0.25, -0.2) is 0 Å². The Hall–Kier alpha value is -0.870. The van der Waals surface area contributed by atoms with Crippen molar-refractivity contribution in [2.75, 3.05) is 13.2 Å². The number of hydrogen-bond acceptors (Lipinski definition) is 3. The molecule has 1 heterocycles. The standard InChI is InChI=1S/C14H17BrO3/c15-14-6-5-13(9-11(14)10-16)18-8-2-4-12-3-1-7-17-12/h5-6,9-10,12H,1-4,7-8H2. The summed E-state index contributed by atoms with van der Waals surface area (Å²) >= 11 is 3.31. The zero-order chi connectivity index (χ0) is 12.8. The average molecular weight is 313 g/mol. The van der Waals surface area contributed by atoms with Crippen molar-refractivity contribution in [1.29, 1.82) is 0 Å². The quantitative estimate of drug-likeness (QED) is 0.594. The molecule has 0 N–H and O–H groups in total. The van der Waals surface area contributed by atoms with E-state index in [-0.39, 0.29) is 0 Å². The molecule has 18 heavy (non-hydrogen) atoms. The summed E-state index contributed by atoms with van der Waals surface area (Å²) < 4.78 is 12.0. The first-order valence-corrected chi connectivity index (χ1v) is 7.08. The van der Waals surface area contributed by atoms with Gasteiger partial charge in [-0.05, 0) is 43.9 Å². The number of hydrogen-bond donors (Lipinski definition) is 0. The van der Waals surface area contributed by atoms with Crippen molar-refractivity contribution in [2.45, 2.75) is 31.8 Å². The second-order valence-corrected chi connectivity index (χ2v) is 5.28. The van der Waals surface area contributed by atoms with Crippen molar-refractivity contribution < 1.29 is 14.3 Å². The van der Waals surface area contributed by atoms with Crippen molar-refractivity contribution >= 4 is 22.2 Å². The zero-order valence-electron chi connectivity index (χ0n) is 10.2. The fourth-order valence-electron chi connectivity index (χ4n) is 2.07. The Morgan fingerprint density at radius 3 is 3.11 bits per heavy atom. The van der Waals surface area contributed by atoms with Crippen LogP contribution in [0.25, 0.3) is 0 Å². The third-order valence-corrected chi connectivity index (χ3v) is 3.78. The molecule has 1 saturated heterocycles. The number of rotatable bonds is 6. The van der Waals surface area contributed by atoms with Gasteiger partial charge in [0.25, 0.3) is 0 Å². The van der Waals surface area contributed by atoms with Crippen LogP contribution in [0.1, 0.15) is 36.0 Å². The molecule has 0 aromatic heterocycles. The van der Waals surface area contributed by atoms with Gasteiger partial charge in [0.05, 0.1) is 12.7 Å². The highest BCUT2D eigenvalue weighted by molar-refractivity contribution is 9.10. The summed E-state index contributed by atoms with van der Waals surface area (Å²) in [6.07, 6.45) is 5.63. The molecular weight excluding hydrogens is 296 g/mol. The summed E-state index contributed by atoms with van der Waals surface area (Å²) in [7, 11) is 0. The van der Waals surface area contributed by atoms with Crippen LogP contribution in [0.3, 0.4) is 0 Å². The Morgan fingerprint density at radius 1 is 1.50 bits per heavy atom.